The summed E-state index contributed by atoms with van der Waals surface area (Å²) in [5, 5.41) is 3.26. The van der Waals surface area contributed by atoms with Gasteiger partial charge in [0.2, 0.25) is 0 Å². The minimum absolute atomic E-state index is 0.205. The van der Waals surface area contributed by atoms with E-state index in [9.17, 15) is 4.79 Å². The second kappa shape index (κ2) is 8.54. The van der Waals surface area contributed by atoms with Gasteiger partial charge in [-0.05, 0) is 38.6 Å². The predicted molar refractivity (Wildman–Crippen MR) is 76.1 cm³/mol. The number of rotatable bonds is 10. The van der Waals surface area contributed by atoms with Crippen LogP contribution in [0.25, 0.3) is 0 Å². The summed E-state index contributed by atoms with van der Waals surface area (Å²) < 4.78 is 10.5. The van der Waals surface area contributed by atoms with Gasteiger partial charge in [0.1, 0.15) is 5.54 Å². The zero-order valence-electron chi connectivity index (χ0n) is 12.7. The molecule has 19 heavy (non-hydrogen) atoms. The lowest BCUT2D eigenvalue weighted by Crippen LogP contribution is -2.51. The van der Waals surface area contributed by atoms with E-state index in [-0.39, 0.29) is 5.97 Å². The van der Waals surface area contributed by atoms with Crippen molar-refractivity contribution in [2.75, 3.05) is 26.9 Å². The molecule has 0 aromatic carbocycles. The Bertz CT molecular complexity index is 266. The van der Waals surface area contributed by atoms with Gasteiger partial charge < -0.3 is 14.8 Å². The van der Waals surface area contributed by atoms with Gasteiger partial charge in [0.15, 0.2) is 0 Å². The van der Waals surface area contributed by atoms with E-state index in [1.807, 2.05) is 6.92 Å². The van der Waals surface area contributed by atoms with E-state index >= 15 is 0 Å². The quantitative estimate of drug-likeness (QED) is 0.490. The van der Waals surface area contributed by atoms with Crippen molar-refractivity contribution in [1.82, 2.24) is 5.32 Å². The van der Waals surface area contributed by atoms with Crippen LogP contribution in [0, 0.1) is 5.92 Å². The molecule has 1 saturated carbocycles. The van der Waals surface area contributed by atoms with E-state index < -0.39 is 5.54 Å². The molecule has 0 spiro atoms. The Balaban J connectivity index is 2.20. The molecule has 112 valence electrons. The van der Waals surface area contributed by atoms with Gasteiger partial charge in [-0.15, -0.1) is 0 Å². The molecular formula is C15H29NO3. The molecule has 0 amide bonds. The van der Waals surface area contributed by atoms with E-state index in [1.54, 1.807) is 0 Å². The van der Waals surface area contributed by atoms with Gasteiger partial charge in [-0.25, -0.2) is 0 Å². The fourth-order valence-electron chi connectivity index (χ4n) is 2.30. The zero-order valence-corrected chi connectivity index (χ0v) is 12.7. The molecule has 1 atom stereocenters. The van der Waals surface area contributed by atoms with E-state index in [0.29, 0.717) is 13.0 Å². The molecule has 0 radical (unpaired) electrons. The van der Waals surface area contributed by atoms with Gasteiger partial charge in [0.25, 0.3) is 0 Å². The van der Waals surface area contributed by atoms with Crippen molar-refractivity contribution in [2.24, 2.45) is 5.92 Å². The lowest BCUT2D eigenvalue weighted by molar-refractivity contribution is -0.148. The van der Waals surface area contributed by atoms with Crippen LogP contribution in [0.2, 0.25) is 0 Å². The summed E-state index contributed by atoms with van der Waals surface area (Å²) in [7, 11) is 1.44. The SMILES string of the molecule is CCCNC(C)(CCOCCC1CCC1)C(=O)OC. The van der Waals surface area contributed by atoms with Crippen LogP contribution in [0.1, 0.15) is 52.4 Å². The Hall–Kier alpha value is -0.610. The molecule has 4 heteroatoms. The highest BCUT2D eigenvalue weighted by atomic mass is 16.5. The van der Waals surface area contributed by atoms with Gasteiger partial charge in [-0.2, -0.15) is 0 Å². The fourth-order valence-corrected chi connectivity index (χ4v) is 2.30. The third kappa shape index (κ3) is 5.49. The third-order valence-electron chi connectivity index (χ3n) is 4.04. The fraction of sp³-hybridized carbons (Fsp3) is 0.933. The Kier molecular flexibility index (Phi) is 7.39. The number of methoxy groups -OCH3 is 1. The summed E-state index contributed by atoms with van der Waals surface area (Å²) in [5.41, 5.74) is -0.624. The van der Waals surface area contributed by atoms with Crippen molar-refractivity contribution in [1.29, 1.82) is 0 Å². The molecule has 1 N–H and O–H groups in total. The average molecular weight is 271 g/mol. The lowest BCUT2D eigenvalue weighted by Gasteiger charge is -2.28. The number of hydrogen-bond acceptors (Lipinski definition) is 4. The van der Waals surface area contributed by atoms with E-state index in [1.165, 1.54) is 26.4 Å². The number of nitrogens with one attached hydrogen (secondary N) is 1. The van der Waals surface area contributed by atoms with Gasteiger partial charge in [0, 0.05) is 13.2 Å². The number of carbonyl (C=O) groups excluding carboxylic acids is 1. The monoisotopic (exact) mass is 271 g/mol. The molecule has 0 bridgehead atoms. The molecule has 4 nitrogen and oxygen atoms in total. The minimum atomic E-state index is -0.624. The Morgan fingerprint density at radius 3 is 2.63 bits per heavy atom. The Morgan fingerprint density at radius 1 is 1.37 bits per heavy atom. The molecule has 0 heterocycles. The lowest BCUT2D eigenvalue weighted by atomic mass is 9.83. The highest BCUT2D eigenvalue weighted by molar-refractivity contribution is 5.80. The first kappa shape index (κ1) is 16.4. The van der Waals surface area contributed by atoms with Crippen LogP contribution >= 0.6 is 0 Å². The molecule has 1 fully saturated rings. The largest absolute Gasteiger partial charge is 0.468 e. The van der Waals surface area contributed by atoms with E-state index in [4.69, 9.17) is 9.47 Å². The summed E-state index contributed by atoms with van der Waals surface area (Å²) in [5.74, 6) is 0.675. The molecule has 0 aromatic rings. The Labute approximate surface area is 117 Å². The van der Waals surface area contributed by atoms with Crippen molar-refractivity contribution in [3.05, 3.63) is 0 Å². The smallest absolute Gasteiger partial charge is 0.325 e. The van der Waals surface area contributed by atoms with Crippen LogP contribution < -0.4 is 5.32 Å². The van der Waals surface area contributed by atoms with Crippen molar-refractivity contribution < 1.29 is 14.3 Å². The van der Waals surface area contributed by atoms with Gasteiger partial charge in [-0.3, -0.25) is 4.79 Å². The van der Waals surface area contributed by atoms with Crippen LogP contribution in [0.3, 0.4) is 0 Å². The van der Waals surface area contributed by atoms with E-state index in [2.05, 4.69) is 12.2 Å². The molecular weight excluding hydrogens is 242 g/mol. The first-order valence-electron chi connectivity index (χ1n) is 7.53. The maximum absolute atomic E-state index is 11.8. The second-order valence-corrected chi connectivity index (χ2v) is 5.70. The summed E-state index contributed by atoms with van der Waals surface area (Å²) in [4.78, 5) is 11.8. The van der Waals surface area contributed by atoms with Crippen LogP contribution in [-0.4, -0.2) is 38.4 Å². The normalized spacial score (nSPS) is 18.7. The van der Waals surface area contributed by atoms with Gasteiger partial charge in [-0.1, -0.05) is 26.2 Å². The number of esters is 1. The van der Waals surface area contributed by atoms with Crippen molar-refractivity contribution in [3.63, 3.8) is 0 Å². The van der Waals surface area contributed by atoms with Crippen LogP contribution in [-0.2, 0) is 14.3 Å². The van der Waals surface area contributed by atoms with Crippen molar-refractivity contribution in [2.45, 2.75) is 57.9 Å². The standard InChI is InChI=1S/C15H29NO3/c1-4-10-16-15(2,14(17)18-3)9-12-19-11-8-13-6-5-7-13/h13,16H,4-12H2,1-3H3. The van der Waals surface area contributed by atoms with Crippen LogP contribution in [0.5, 0.6) is 0 Å². The molecule has 1 aliphatic carbocycles. The zero-order chi connectivity index (χ0) is 14.1. The Morgan fingerprint density at radius 2 is 2.11 bits per heavy atom. The van der Waals surface area contributed by atoms with E-state index in [0.717, 1.165) is 31.9 Å². The maximum atomic E-state index is 11.8. The summed E-state index contributed by atoms with van der Waals surface area (Å²) in [6, 6.07) is 0. The number of carbonyl (C=O) groups is 1. The topological polar surface area (TPSA) is 47.6 Å². The first-order chi connectivity index (χ1) is 9.12. The first-order valence-corrected chi connectivity index (χ1v) is 7.53. The third-order valence-corrected chi connectivity index (χ3v) is 4.04. The number of hydrogen-bond donors (Lipinski definition) is 1. The van der Waals surface area contributed by atoms with Crippen LogP contribution in [0.4, 0.5) is 0 Å². The minimum Gasteiger partial charge on any atom is -0.468 e. The van der Waals surface area contributed by atoms with Crippen molar-refractivity contribution in [3.8, 4) is 0 Å². The average Bonchev–Trinajstić information content (AvgIpc) is 2.37. The molecule has 1 rings (SSSR count). The van der Waals surface area contributed by atoms with Gasteiger partial charge in [0.05, 0.1) is 7.11 Å². The highest BCUT2D eigenvalue weighted by Gasteiger charge is 2.33. The molecule has 0 saturated heterocycles. The summed E-state index contributed by atoms with van der Waals surface area (Å²) in [6.07, 6.45) is 6.92. The molecule has 0 aromatic heterocycles. The second-order valence-electron chi connectivity index (χ2n) is 5.70. The number of ether oxygens (including phenoxy) is 2. The molecule has 1 aliphatic rings. The molecule has 1 unspecified atom stereocenters. The molecule has 0 aliphatic heterocycles. The summed E-state index contributed by atoms with van der Waals surface area (Å²) in [6.45, 7) is 6.21. The van der Waals surface area contributed by atoms with Gasteiger partial charge >= 0.3 is 5.97 Å². The van der Waals surface area contributed by atoms with Crippen molar-refractivity contribution >= 4 is 5.97 Å². The summed E-state index contributed by atoms with van der Waals surface area (Å²) >= 11 is 0. The highest BCUT2D eigenvalue weighted by Crippen LogP contribution is 2.29. The predicted octanol–water partition coefficient (Wildman–Crippen LogP) is 2.51. The maximum Gasteiger partial charge on any atom is 0.325 e. The van der Waals surface area contributed by atoms with Crippen LogP contribution in [0.15, 0.2) is 0 Å².